The van der Waals surface area contributed by atoms with Crippen LogP contribution in [0.4, 0.5) is 0 Å². The number of aliphatic hydroxyl groups is 1. The molecule has 3 aliphatic rings. The first-order valence-electron chi connectivity index (χ1n) is 15.5. The van der Waals surface area contributed by atoms with Crippen LogP contribution >= 0.6 is 0 Å². The summed E-state index contributed by atoms with van der Waals surface area (Å²) in [4.78, 5) is 48.9. The van der Waals surface area contributed by atoms with E-state index in [1.165, 1.54) is 0 Å². The quantitative estimate of drug-likeness (QED) is 0.330. The van der Waals surface area contributed by atoms with E-state index in [1.807, 2.05) is 25.7 Å². The normalized spacial score (nSPS) is 31.7. The van der Waals surface area contributed by atoms with Gasteiger partial charge in [0.05, 0.1) is 30.1 Å². The molecule has 3 saturated heterocycles. The van der Waals surface area contributed by atoms with Gasteiger partial charge in [-0.05, 0) is 57.8 Å². The molecule has 232 valence electrons. The first-order chi connectivity index (χ1) is 19.0. The highest BCUT2D eigenvalue weighted by Crippen LogP contribution is 2.66. The van der Waals surface area contributed by atoms with E-state index < -0.39 is 40.7 Å². The molecular formula is C33H55N3O5. The molecule has 1 N–H and O–H groups in total. The Labute approximate surface area is 248 Å². The lowest BCUT2D eigenvalue weighted by Gasteiger charge is -2.46. The van der Waals surface area contributed by atoms with Crippen LogP contribution in [-0.4, -0.2) is 92.6 Å². The number of carbonyl (C=O) groups excluding carboxylic acids is 3. The van der Waals surface area contributed by atoms with Crippen LogP contribution in [-0.2, 0) is 19.1 Å². The Hall–Kier alpha value is -2.19. The first kappa shape index (κ1) is 33.3. The first-order valence-corrected chi connectivity index (χ1v) is 15.5. The van der Waals surface area contributed by atoms with E-state index in [-0.39, 0.29) is 35.7 Å². The third-order valence-corrected chi connectivity index (χ3v) is 9.75. The van der Waals surface area contributed by atoms with E-state index in [4.69, 9.17) is 4.74 Å². The van der Waals surface area contributed by atoms with Crippen molar-refractivity contribution in [3.8, 4) is 0 Å². The largest absolute Gasteiger partial charge is 0.394 e. The number of ether oxygens (including phenoxy) is 1. The van der Waals surface area contributed by atoms with Crippen LogP contribution in [0, 0.1) is 23.2 Å². The molecule has 1 spiro atoms. The highest BCUT2D eigenvalue weighted by Gasteiger charge is 2.80. The maximum Gasteiger partial charge on any atom is 0.249 e. The van der Waals surface area contributed by atoms with Crippen molar-refractivity contribution in [2.75, 3.05) is 26.2 Å². The van der Waals surface area contributed by atoms with Crippen molar-refractivity contribution < 1.29 is 24.2 Å². The van der Waals surface area contributed by atoms with Crippen molar-refractivity contribution in [2.24, 2.45) is 23.2 Å². The molecule has 8 nitrogen and oxygen atoms in total. The van der Waals surface area contributed by atoms with E-state index in [9.17, 15) is 19.5 Å². The molecule has 3 unspecified atom stereocenters. The van der Waals surface area contributed by atoms with Crippen LogP contribution in [0.3, 0.4) is 0 Å². The van der Waals surface area contributed by atoms with Gasteiger partial charge in [-0.3, -0.25) is 14.4 Å². The van der Waals surface area contributed by atoms with Crippen LogP contribution in [0.15, 0.2) is 25.3 Å². The zero-order valence-corrected chi connectivity index (χ0v) is 27.0. The fraction of sp³-hybridized carbons (Fsp3) is 0.788. The van der Waals surface area contributed by atoms with E-state index in [0.717, 1.165) is 12.8 Å². The highest BCUT2D eigenvalue weighted by molar-refractivity contribution is 5.99. The van der Waals surface area contributed by atoms with E-state index in [2.05, 4.69) is 54.7 Å². The van der Waals surface area contributed by atoms with Crippen LogP contribution in [0.1, 0.15) is 88.0 Å². The minimum atomic E-state index is -1.16. The number of hydrogen-bond acceptors (Lipinski definition) is 5. The van der Waals surface area contributed by atoms with Gasteiger partial charge in [0.15, 0.2) is 0 Å². The number of fused-ring (bicyclic) bond motifs is 1. The van der Waals surface area contributed by atoms with Crippen LogP contribution < -0.4 is 0 Å². The lowest BCUT2D eigenvalue weighted by atomic mass is 9.62. The number of rotatable bonds is 13. The molecule has 8 heteroatoms. The minimum Gasteiger partial charge on any atom is -0.394 e. The average molecular weight is 574 g/mol. The van der Waals surface area contributed by atoms with Crippen molar-refractivity contribution >= 4 is 17.7 Å². The number of likely N-dealkylation sites (tertiary alicyclic amines) is 1. The molecule has 0 aromatic carbocycles. The number of aliphatic hydroxyl groups excluding tert-OH is 1. The van der Waals surface area contributed by atoms with Crippen LogP contribution in [0.5, 0.6) is 0 Å². The van der Waals surface area contributed by atoms with Gasteiger partial charge < -0.3 is 24.5 Å². The Morgan fingerprint density at radius 2 is 1.76 bits per heavy atom. The molecule has 2 bridgehead atoms. The fourth-order valence-electron chi connectivity index (χ4n) is 8.36. The summed E-state index contributed by atoms with van der Waals surface area (Å²) < 4.78 is 6.95. The molecule has 7 atom stereocenters. The molecule has 0 saturated carbocycles. The SMILES string of the molecule is C=CCN(CCC)C(=O)[C@@H]1[C@H]2C(=O)N([C@@H](CC)CO)C(C(=O)N(CC=C)C(C)(C)CC(C)(C)C)C23CC(C)[C@@]1(C)O3. The highest BCUT2D eigenvalue weighted by atomic mass is 16.5. The molecule has 3 amide bonds. The summed E-state index contributed by atoms with van der Waals surface area (Å²) >= 11 is 0. The van der Waals surface area contributed by atoms with Gasteiger partial charge in [0, 0.05) is 25.2 Å². The average Bonchev–Trinajstić information content (AvgIpc) is 3.38. The monoisotopic (exact) mass is 573 g/mol. The minimum absolute atomic E-state index is 0.0485. The smallest absolute Gasteiger partial charge is 0.249 e. The lowest BCUT2D eigenvalue weighted by molar-refractivity contribution is -0.160. The van der Waals surface area contributed by atoms with Crippen molar-refractivity contribution in [3.05, 3.63) is 25.3 Å². The number of amides is 3. The van der Waals surface area contributed by atoms with Gasteiger partial charge in [0.25, 0.3) is 0 Å². The Kier molecular flexibility index (Phi) is 9.61. The number of hydrogen-bond donors (Lipinski definition) is 1. The maximum atomic E-state index is 14.9. The van der Waals surface area contributed by atoms with Crippen molar-refractivity contribution in [2.45, 2.75) is 117 Å². The summed E-state index contributed by atoms with van der Waals surface area (Å²) in [6.07, 6.45) is 5.92. The zero-order chi connectivity index (χ0) is 31.1. The molecule has 0 aromatic heterocycles. The molecule has 0 aliphatic carbocycles. The summed E-state index contributed by atoms with van der Waals surface area (Å²) in [5.41, 5.74) is -2.64. The molecule has 3 aliphatic heterocycles. The van der Waals surface area contributed by atoms with Gasteiger partial charge in [-0.1, -0.05) is 53.7 Å². The summed E-state index contributed by atoms with van der Waals surface area (Å²) in [7, 11) is 0. The van der Waals surface area contributed by atoms with Gasteiger partial charge in [-0.15, -0.1) is 13.2 Å². The Morgan fingerprint density at radius 3 is 2.24 bits per heavy atom. The van der Waals surface area contributed by atoms with E-state index >= 15 is 0 Å². The van der Waals surface area contributed by atoms with Gasteiger partial charge in [-0.2, -0.15) is 0 Å². The fourth-order valence-corrected chi connectivity index (χ4v) is 8.36. The molecule has 3 rings (SSSR count). The van der Waals surface area contributed by atoms with E-state index in [1.54, 1.807) is 22.0 Å². The van der Waals surface area contributed by atoms with Crippen molar-refractivity contribution in [1.29, 1.82) is 0 Å². The van der Waals surface area contributed by atoms with Gasteiger partial charge >= 0.3 is 0 Å². The van der Waals surface area contributed by atoms with Gasteiger partial charge in [-0.25, -0.2) is 0 Å². The molecule has 0 radical (unpaired) electrons. The van der Waals surface area contributed by atoms with Gasteiger partial charge in [0.2, 0.25) is 17.7 Å². The molecular weight excluding hydrogens is 518 g/mol. The zero-order valence-electron chi connectivity index (χ0n) is 27.0. The third kappa shape index (κ3) is 5.51. The van der Waals surface area contributed by atoms with Crippen LogP contribution in [0.2, 0.25) is 0 Å². The predicted octanol–water partition coefficient (Wildman–Crippen LogP) is 4.42. The summed E-state index contributed by atoms with van der Waals surface area (Å²) in [5.74, 6) is -2.17. The third-order valence-electron chi connectivity index (χ3n) is 9.75. The summed E-state index contributed by atoms with van der Waals surface area (Å²) in [6.45, 7) is 27.3. The predicted molar refractivity (Wildman–Crippen MR) is 162 cm³/mol. The molecule has 3 heterocycles. The molecule has 0 aromatic rings. The van der Waals surface area contributed by atoms with Crippen LogP contribution in [0.25, 0.3) is 0 Å². The Balaban J connectivity index is 2.21. The van der Waals surface area contributed by atoms with Gasteiger partial charge in [0.1, 0.15) is 11.6 Å². The summed E-state index contributed by atoms with van der Waals surface area (Å²) in [5, 5.41) is 10.4. The second-order valence-corrected chi connectivity index (χ2v) is 14.6. The lowest BCUT2D eigenvalue weighted by Crippen LogP contribution is -2.62. The standard InChI is InChI=1S/C33H55N3O5/c1-12-16-34(17-13-2)27(38)24-25-28(39)36(23(15-4)20-37)26(33(25)19-22(5)32(24,11)41-33)29(40)35(18-14-3)31(9,10)21-30(6,7)8/h12,14,22-26,37H,1,3,13,15-21H2,2,4-11H3/t22?,23-,24-,25-,26?,32+,33?/m0/s1. The number of carbonyl (C=O) groups is 3. The second-order valence-electron chi connectivity index (χ2n) is 14.6. The van der Waals surface area contributed by atoms with Crippen molar-refractivity contribution in [1.82, 2.24) is 14.7 Å². The molecule has 41 heavy (non-hydrogen) atoms. The maximum absolute atomic E-state index is 14.9. The summed E-state index contributed by atoms with van der Waals surface area (Å²) in [6, 6.07) is -1.51. The van der Waals surface area contributed by atoms with Crippen molar-refractivity contribution in [3.63, 3.8) is 0 Å². The topological polar surface area (TPSA) is 90.4 Å². The second kappa shape index (κ2) is 11.8. The molecule has 3 fully saturated rings. The Bertz CT molecular complexity index is 1030. The Morgan fingerprint density at radius 1 is 1.15 bits per heavy atom. The number of nitrogens with zero attached hydrogens (tertiary/aromatic N) is 3. The van der Waals surface area contributed by atoms with E-state index in [0.29, 0.717) is 32.5 Å².